The molecule has 33 heavy (non-hydrogen) atoms. The number of esters is 1. The highest BCUT2D eigenvalue weighted by atomic mass is 28.4. The monoisotopic (exact) mass is 470 g/mol. The molecule has 2 aromatic carbocycles. The zero-order valence-electron chi connectivity index (χ0n) is 20.2. The number of fused-ring (bicyclic) bond motifs is 1. The van der Waals surface area contributed by atoms with E-state index in [4.69, 9.17) is 23.4 Å². The smallest absolute Gasteiger partial charge is 0.337 e. The average Bonchev–Trinajstić information content (AvgIpc) is 3.27. The standard InChI is InChI=1S/C26H34O6Si/c1-25(2,3)33(18-13-9-7-10-14-18,19-15-11-8-12-16-19)29-17-20-21-22(32-26(4,5)31-21)23(30-20)24(27)28-6/h7-16,20-23H,17H2,1-6H3/t20-,21-,22-,23-/m1/s1. The maximum Gasteiger partial charge on any atom is 0.337 e. The fourth-order valence-electron chi connectivity index (χ4n) is 5.09. The van der Waals surface area contributed by atoms with Crippen molar-refractivity contribution in [2.45, 2.75) is 69.9 Å². The Morgan fingerprint density at radius 3 is 1.94 bits per heavy atom. The first-order valence-electron chi connectivity index (χ1n) is 11.4. The van der Waals surface area contributed by atoms with Crippen molar-refractivity contribution in [3.8, 4) is 0 Å². The largest absolute Gasteiger partial charge is 0.467 e. The lowest BCUT2D eigenvalue weighted by Crippen LogP contribution is -2.67. The van der Waals surface area contributed by atoms with Crippen molar-refractivity contribution in [1.29, 1.82) is 0 Å². The lowest BCUT2D eigenvalue weighted by atomic mass is 10.1. The number of carbonyl (C=O) groups is 1. The summed E-state index contributed by atoms with van der Waals surface area (Å²) < 4.78 is 30.3. The molecular weight excluding hydrogens is 436 g/mol. The predicted octanol–water partition coefficient (Wildman–Crippen LogP) is 3.02. The molecule has 0 bridgehead atoms. The zero-order chi connectivity index (χ0) is 23.9. The van der Waals surface area contributed by atoms with Gasteiger partial charge in [0, 0.05) is 0 Å². The van der Waals surface area contributed by atoms with Gasteiger partial charge < -0.3 is 23.4 Å². The lowest BCUT2D eigenvalue weighted by molar-refractivity contribution is -0.197. The van der Waals surface area contributed by atoms with Gasteiger partial charge in [-0.25, -0.2) is 4.79 Å². The summed E-state index contributed by atoms with van der Waals surface area (Å²) in [6.45, 7) is 10.7. The highest BCUT2D eigenvalue weighted by molar-refractivity contribution is 6.99. The molecule has 7 heteroatoms. The van der Waals surface area contributed by atoms with E-state index in [1.807, 2.05) is 26.0 Å². The number of benzene rings is 2. The van der Waals surface area contributed by atoms with Crippen LogP contribution in [0, 0.1) is 0 Å². The molecule has 2 aromatic rings. The third-order valence-corrected chi connectivity index (χ3v) is 11.5. The van der Waals surface area contributed by atoms with Crippen LogP contribution in [0.25, 0.3) is 0 Å². The number of carbonyl (C=O) groups excluding carboxylic acids is 1. The van der Waals surface area contributed by atoms with E-state index in [0.717, 1.165) is 0 Å². The van der Waals surface area contributed by atoms with E-state index in [0.29, 0.717) is 0 Å². The van der Waals surface area contributed by atoms with E-state index >= 15 is 0 Å². The molecule has 0 aromatic heterocycles. The van der Waals surface area contributed by atoms with E-state index < -0.39 is 44.5 Å². The fraction of sp³-hybridized carbons (Fsp3) is 0.500. The van der Waals surface area contributed by atoms with Gasteiger partial charge in [0.2, 0.25) is 0 Å². The second kappa shape index (κ2) is 8.96. The quantitative estimate of drug-likeness (QED) is 0.478. The van der Waals surface area contributed by atoms with Gasteiger partial charge in [0.1, 0.15) is 18.3 Å². The van der Waals surface area contributed by atoms with Crippen molar-refractivity contribution in [1.82, 2.24) is 0 Å². The summed E-state index contributed by atoms with van der Waals surface area (Å²) in [6, 6.07) is 20.9. The fourth-order valence-corrected chi connectivity index (χ4v) is 9.66. The average molecular weight is 471 g/mol. The summed E-state index contributed by atoms with van der Waals surface area (Å²) in [7, 11) is -1.39. The van der Waals surface area contributed by atoms with Gasteiger partial charge in [-0.2, -0.15) is 0 Å². The molecule has 0 aliphatic carbocycles. The summed E-state index contributed by atoms with van der Waals surface area (Å²) >= 11 is 0. The highest BCUT2D eigenvalue weighted by Crippen LogP contribution is 2.41. The molecule has 0 spiro atoms. The predicted molar refractivity (Wildman–Crippen MR) is 128 cm³/mol. The Hall–Kier alpha value is -2.03. The van der Waals surface area contributed by atoms with Crippen molar-refractivity contribution in [2.75, 3.05) is 13.7 Å². The van der Waals surface area contributed by atoms with Crippen LogP contribution in [0.3, 0.4) is 0 Å². The highest BCUT2D eigenvalue weighted by Gasteiger charge is 2.59. The van der Waals surface area contributed by atoms with E-state index in [1.54, 1.807) is 0 Å². The molecule has 6 nitrogen and oxygen atoms in total. The SMILES string of the molecule is COC(=O)[C@@H]1O[C@H](CO[Si](c2ccccc2)(c2ccccc2)C(C)(C)C)[C@H]2OC(C)(C)O[C@H]21. The first kappa shape index (κ1) is 24.1. The summed E-state index contributed by atoms with van der Waals surface area (Å²) in [5.74, 6) is -1.26. The van der Waals surface area contributed by atoms with E-state index in [9.17, 15) is 4.79 Å². The number of ether oxygens (including phenoxy) is 4. The topological polar surface area (TPSA) is 63.2 Å². The van der Waals surface area contributed by atoms with E-state index in [1.165, 1.54) is 17.5 Å². The third kappa shape index (κ3) is 4.40. The number of methoxy groups -OCH3 is 1. The van der Waals surface area contributed by atoms with Crippen LogP contribution in [0.5, 0.6) is 0 Å². The molecule has 2 aliphatic heterocycles. The van der Waals surface area contributed by atoms with Gasteiger partial charge in [0.25, 0.3) is 8.32 Å². The molecule has 2 saturated heterocycles. The third-order valence-electron chi connectivity index (χ3n) is 6.46. The van der Waals surface area contributed by atoms with Crippen LogP contribution in [0.4, 0.5) is 0 Å². The first-order chi connectivity index (χ1) is 15.6. The maximum atomic E-state index is 12.4. The first-order valence-corrected chi connectivity index (χ1v) is 13.3. The van der Waals surface area contributed by atoms with Crippen LogP contribution < -0.4 is 10.4 Å². The van der Waals surface area contributed by atoms with Crippen LogP contribution in [0.15, 0.2) is 60.7 Å². The van der Waals surface area contributed by atoms with Crippen molar-refractivity contribution in [2.24, 2.45) is 0 Å². The molecule has 4 rings (SSSR count). The maximum absolute atomic E-state index is 12.4. The Labute approximate surface area is 197 Å². The minimum atomic E-state index is -2.75. The van der Waals surface area contributed by atoms with Gasteiger partial charge in [-0.15, -0.1) is 0 Å². The Bertz CT molecular complexity index is 916. The van der Waals surface area contributed by atoms with Gasteiger partial charge in [-0.1, -0.05) is 81.4 Å². The minimum Gasteiger partial charge on any atom is -0.467 e. The van der Waals surface area contributed by atoms with Crippen LogP contribution >= 0.6 is 0 Å². The molecule has 2 heterocycles. The Kier molecular flexibility index (Phi) is 6.55. The van der Waals surface area contributed by atoms with Gasteiger partial charge in [-0.3, -0.25) is 0 Å². The number of hydrogen-bond acceptors (Lipinski definition) is 6. The van der Waals surface area contributed by atoms with Crippen molar-refractivity contribution < 1.29 is 28.2 Å². The van der Waals surface area contributed by atoms with Crippen molar-refractivity contribution in [3.63, 3.8) is 0 Å². The summed E-state index contributed by atoms with van der Waals surface area (Å²) in [5.41, 5.74) is 0. The summed E-state index contributed by atoms with van der Waals surface area (Å²) in [5, 5.41) is 2.21. The number of hydrogen-bond donors (Lipinski definition) is 0. The molecule has 0 amide bonds. The van der Waals surface area contributed by atoms with Crippen LogP contribution in [-0.2, 0) is 28.2 Å². The Morgan fingerprint density at radius 2 is 1.45 bits per heavy atom. The second-order valence-corrected chi connectivity index (χ2v) is 14.5. The molecule has 0 N–H and O–H groups in total. The molecular formula is C26H34O6Si. The van der Waals surface area contributed by atoms with Crippen molar-refractivity contribution in [3.05, 3.63) is 60.7 Å². The van der Waals surface area contributed by atoms with Crippen LogP contribution in [0.2, 0.25) is 5.04 Å². The van der Waals surface area contributed by atoms with E-state index in [-0.39, 0.29) is 11.6 Å². The molecule has 0 radical (unpaired) electrons. The molecule has 178 valence electrons. The van der Waals surface area contributed by atoms with Gasteiger partial charge in [-0.05, 0) is 29.3 Å². The Balaban J connectivity index is 1.70. The van der Waals surface area contributed by atoms with Gasteiger partial charge >= 0.3 is 5.97 Å². The molecule has 4 atom stereocenters. The van der Waals surface area contributed by atoms with Crippen LogP contribution in [0.1, 0.15) is 34.6 Å². The summed E-state index contributed by atoms with van der Waals surface area (Å²) in [4.78, 5) is 12.4. The van der Waals surface area contributed by atoms with Gasteiger partial charge in [0.05, 0.1) is 13.7 Å². The van der Waals surface area contributed by atoms with Crippen molar-refractivity contribution >= 4 is 24.7 Å². The van der Waals surface area contributed by atoms with Gasteiger partial charge in [0.15, 0.2) is 11.9 Å². The lowest BCUT2D eigenvalue weighted by Gasteiger charge is -2.43. The minimum absolute atomic E-state index is 0.165. The van der Waals surface area contributed by atoms with Crippen LogP contribution in [-0.4, -0.2) is 58.2 Å². The zero-order valence-corrected chi connectivity index (χ0v) is 21.2. The Morgan fingerprint density at radius 1 is 0.939 bits per heavy atom. The molecule has 2 fully saturated rings. The number of rotatable bonds is 6. The summed E-state index contributed by atoms with van der Waals surface area (Å²) in [6.07, 6.45) is -2.24. The second-order valence-electron chi connectivity index (χ2n) is 10.2. The molecule has 2 aliphatic rings. The van der Waals surface area contributed by atoms with E-state index in [2.05, 4.69) is 69.3 Å². The normalized spacial score (nSPS) is 26.7. The molecule has 0 saturated carbocycles. The molecule has 0 unspecified atom stereocenters.